The number of aromatic amines is 1. The first-order valence-corrected chi connectivity index (χ1v) is 7.93. The molecule has 128 valence electrons. The maximum absolute atomic E-state index is 13.4. The van der Waals surface area contributed by atoms with E-state index in [-0.39, 0.29) is 29.5 Å². The molecule has 0 bridgehead atoms. The number of hydrogen-bond acceptors (Lipinski definition) is 3. The van der Waals surface area contributed by atoms with Crippen LogP contribution in [-0.2, 0) is 0 Å². The average Bonchev–Trinajstić information content (AvgIpc) is 2.62. The number of aromatic nitrogens is 1. The van der Waals surface area contributed by atoms with Crippen LogP contribution in [0.15, 0.2) is 59.4 Å². The van der Waals surface area contributed by atoms with Gasteiger partial charge >= 0.3 is 0 Å². The molecule has 0 aliphatic carbocycles. The lowest BCUT2D eigenvalue weighted by atomic mass is 10.1. The second-order valence-electron chi connectivity index (χ2n) is 5.49. The van der Waals surface area contributed by atoms with Gasteiger partial charge in [-0.1, -0.05) is 30.3 Å². The summed E-state index contributed by atoms with van der Waals surface area (Å²) >= 11 is 0. The normalized spacial score (nSPS) is 10.6. The summed E-state index contributed by atoms with van der Waals surface area (Å²) in [5.74, 6) is -0.596. The Bertz CT molecular complexity index is 953. The molecular weight excluding hydrogens is 323 g/mol. The van der Waals surface area contributed by atoms with Crippen LogP contribution in [0.2, 0.25) is 0 Å². The van der Waals surface area contributed by atoms with Crippen LogP contribution >= 0.6 is 0 Å². The minimum atomic E-state index is -0.416. The fraction of sp³-hybridized carbons (Fsp3) is 0.158. The number of amides is 1. The second kappa shape index (κ2) is 7.61. The zero-order valence-electron chi connectivity index (χ0n) is 13.4. The molecule has 0 saturated carbocycles. The van der Waals surface area contributed by atoms with Gasteiger partial charge in [0.2, 0.25) is 0 Å². The average molecular weight is 340 g/mol. The Hall–Kier alpha value is -3.15. The van der Waals surface area contributed by atoms with Gasteiger partial charge in [0.25, 0.3) is 11.5 Å². The number of para-hydroxylation sites is 1. The second-order valence-corrected chi connectivity index (χ2v) is 5.49. The SMILES string of the molecule is O=C(NCCCOc1ccccc1F)c1cc2ccccc2c(=O)[nH]1. The Kier molecular flexibility index (Phi) is 5.09. The highest BCUT2D eigenvalue weighted by molar-refractivity contribution is 5.96. The van der Waals surface area contributed by atoms with Crippen molar-refractivity contribution in [3.05, 3.63) is 76.5 Å². The standard InChI is InChI=1S/C19H17FN2O3/c20-15-8-3-4-9-17(15)25-11-5-10-21-19(24)16-12-13-6-1-2-7-14(13)18(23)22-16/h1-4,6-9,12H,5,10-11H2,(H,21,24)(H,22,23). The van der Waals surface area contributed by atoms with Gasteiger partial charge in [-0.2, -0.15) is 0 Å². The number of rotatable bonds is 6. The van der Waals surface area contributed by atoms with Crippen LogP contribution in [0.1, 0.15) is 16.9 Å². The highest BCUT2D eigenvalue weighted by Crippen LogP contribution is 2.15. The third kappa shape index (κ3) is 4.03. The lowest BCUT2D eigenvalue weighted by molar-refractivity contribution is 0.0946. The van der Waals surface area contributed by atoms with Gasteiger partial charge in [-0.15, -0.1) is 0 Å². The lowest BCUT2D eigenvalue weighted by Gasteiger charge is -2.08. The van der Waals surface area contributed by atoms with E-state index < -0.39 is 5.82 Å². The van der Waals surface area contributed by atoms with E-state index in [1.54, 1.807) is 42.5 Å². The van der Waals surface area contributed by atoms with Crippen LogP contribution in [0.25, 0.3) is 10.8 Å². The van der Waals surface area contributed by atoms with E-state index in [0.29, 0.717) is 23.7 Å². The Morgan fingerprint density at radius 3 is 2.72 bits per heavy atom. The summed E-state index contributed by atoms with van der Waals surface area (Å²) in [6.07, 6.45) is 0.512. The molecule has 2 N–H and O–H groups in total. The maximum atomic E-state index is 13.4. The van der Waals surface area contributed by atoms with Gasteiger partial charge < -0.3 is 15.0 Å². The third-order valence-electron chi connectivity index (χ3n) is 3.70. The molecule has 3 rings (SSSR count). The van der Waals surface area contributed by atoms with Crippen LogP contribution in [0.5, 0.6) is 5.75 Å². The summed E-state index contributed by atoms with van der Waals surface area (Å²) in [6, 6.07) is 14.9. The predicted octanol–water partition coefficient (Wildman–Crippen LogP) is 2.87. The van der Waals surface area contributed by atoms with E-state index in [1.165, 1.54) is 6.07 Å². The molecule has 0 aliphatic heterocycles. The van der Waals surface area contributed by atoms with Crippen molar-refractivity contribution in [3.8, 4) is 5.75 Å². The Morgan fingerprint density at radius 2 is 1.88 bits per heavy atom. The number of nitrogens with one attached hydrogen (secondary N) is 2. The fourth-order valence-electron chi connectivity index (χ4n) is 2.45. The predicted molar refractivity (Wildman–Crippen MR) is 93.4 cm³/mol. The molecule has 0 aliphatic rings. The quantitative estimate of drug-likeness (QED) is 0.678. The molecule has 2 aromatic carbocycles. The minimum Gasteiger partial charge on any atom is -0.490 e. The molecule has 0 spiro atoms. The Labute approximate surface area is 143 Å². The van der Waals surface area contributed by atoms with Gasteiger partial charge in [0.1, 0.15) is 5.69 Å². The van der Waals surface area contributed by atoms with Gasteiger partial charge in [-0.05, 0) is 36.1 Å². The molecule has 0 saturated heterocycles. The molecule has 5 nitrogen and oxygen atoms in total. The zero-order chi connectivity index (χ0) is 17.6. The Balaban J connectivity index is 1.53. The van der Waals surface area contributed by atoms with E-state index in [1.807, 2.05) is 6.07 Å². The van der Waals surface area contributed by atoms with Crippen LogP contribution < -0.4 is 15.6 Å². The van der Waals surface area contributed by atoms with Crippen molar-refractivity contribution in [2.24, 2.45) is 0 Å². The maximum Gasteiger partial charge on any atom is 0.267 e. The summed E-state index contributed by atoms with van der Waals surface area (Å²) in [6.45, 7) is 0.623. The molecule has 1 aromatic heterocycles. The highest BCUT2D eigenvalue weighted by atomic mass is 19.1. The topological polar surface area (TPSA) is 71.2 Å². The number of H-pyrrole nitrogens is 1. The molecular formula is C19H17FN2O3. The summed E-state index contributed by atoms with van der Waals surface area (Å²) in [5, 5.41) is 3.96. The van der Waals surface area contributed by atoms with Gasteiger partial charge in [-0.25, -0.2) is 4.39 Å². The van der Waals surface area contributed by atoms with E-state index in [0.717, 1.165) is 0 Å². The number of ether oxygens (including phenoxy) is 1. The van der Waals surface area contributed by atoms with Crippen LogP contribution in [0.4, 0.5) is 4.39 Å². The molecule has 1 heterocycles. The summed E-state index contributed by atoms with van der Waals surface area (Å²) in [5.41, 5.74) is -0.0927. The first-order valence-electron chi connectivity index (χ1n) is 7.93. The van der Waals surface area contributed by atoms with Crippen molar-refractivity contribution in [2.45, 2.75) is 6.42 Å². The molecule has 1 amide bonds. The lowest BCUT2D eigenvalue weighted by Crippen LogP contribution is -2.28. The van der Waals surface area contributed by atoms with Crippen LogP contribution in [0, 0.1) is 5.82 Å². The number of benzene rings is 2. The molecule has 3 aromatic rings. The van der Waals surface area contributed by atoms with Crippen molar-refractivity contribution in [2.75, 3.05) is 13.2 Å². The minimum absolute atomic E-state index is 0.188. The fourth-order valence-corrected chi connectivity index (χ4v) is 2.45. The van der Waals surface area contributed by atoms with Gasteiger partial charge in [-0.3, -0.25) is 9.59 Å². The zero-order valence-corrected chi connectivity index (χ0v) is 13.4. The van der Waals surface area contributed by atoms with E-state index in [4.69, 9.17) is 4.74 Å². The van der Waals surface area contributed by atoms with Gasteiger partial charge in [0.15, 0.2) is 11.6 Å². The third-order valence-corrected chi connectivity index (χ3v) is 3.70. The number of hydrogen-bond donors (Lipinski definition) is 2. The number of halogens is 1. The van der Waals surface area contributed by atoms with Crippen molar-refractivity contribution >= 4 is 16.7 Å². The van der Waals surface area contributed by atoms with E-state index >= 15 is 0 Å². The smallest absolute Gasteiger partial charge is 0.267 e. The van der Waals surface area contributed by atoms with Crippen LogP contribution in [0.3, 0.4) is 0 Å². The van der Waals surface area contributed by atoms with Crippen LogP contribution in [-0.4, -0.2) is 24.0 Å². The van der Waals surface area contributed by atoms with E-state index in [2.05, 4.69) is 10.3 Å². The number of pyridine rings is 1. The molecule has 0 atom stereocenters. The highest BCUT2D eigenvalue weighted by Gasteiger charge is 2.09. The van der Waals surface area contributed by atoms with Crippen molar-refractivity contribution < 1.29 is 13.9 Å². The number of fused-ring (bicyclic) bond motifs is 1. The summed E-state index contributed by atoms with van der Waals surface area (Å²) in [4.78, 5) is 26.7. The van der Waals surface area contributed by atoms with Crippen molar-refractivity contribution in [1.82, 2.24) is 10.3 Å². The van der Waals surface area contributed by atoms with E-state index in [9.17, 15) is 14.0 Å². The molecule has 0 unspecified atom stereocenters. The molecule has 6 heteroatoms. The Morgan fingerprint density at radius 1 is 1.12 bits per heavy atom. The van der Waals surface area contributed by atoms with Crippen molar-refractivity contribution in [3.63, 3.8) is 0 Å². The summed E-state index contributed by atoms with van der Waals surface area (Å²) < 4.78 is 18.7. The van der Waals surface area contributed by atoms with Gasteiger partial charge in [0, 0.05) is 11.9 Å². The number of carbonyl (C=O) groups excluding carboxylic acids is 1. The van der Waals surface area contributed by atoms with Crippen molar-refractivity contribution in [1.29, 1.82) is 0 Å². The van der Waals surface area contributed by atoms with Gasteiger partial charge in [0.05, 0.1) is 6.61 Å². The molecule has 0 radical (unpaired) electrons. The molecule has 25 heavy (non-hydrogen) atoms. The summed E-state index contributed by atoms with van der Waals surface area (Å²) in [7, 11) is 0. The number of carbonyl (C=O) groups is 1. The molecule has 0 fully saturated rings. The first kappa shape index (κ1) is 16.7. The monoisotopic (exact) mass is 340 g/mol. The largest absolute Gasteiger partial charge is 0.490 e. The first-order chi connectivity index (χ1) is 12.1.